The molecule has 0 spiro atoms. The zero-order valence-corrected chi connectivity index (χ0v) is 24.1. The lowest BCUT2D eigenvalue weighted by Crippen LogP contribution is -2.29. The molecule has 40 heavy (non-hydrogen) atoms. The third-order valence-corrected chi connectivity index (χ3v) is 8.00. The molecule has 0 aliphatic rings. The summed E-state index contributed by atoms with van der Waals surface area (Å²) in [6.07, 6.45) is 6.65. The number of aryl methyl sites for hydroxylation is 1. The van der Waals surface area contributed by atoms with Crippen LogP contribution in [0.15, 0.2) is 77.9 Å². The van der Waals surface area contributed by atoms with E-state index < -0.39 is 5.60 Å². The maximum Gasteiger partial charge on any atom is 0.265 e. The number of pyridine rings is 1. The quantitative estimate of drug-likeness (QED) is 0.105. The average molecular weight is 653 g/mol. The van der Waals surface area contributed by atoms with Gasteiger partial charge in [0.2, 0.25) is 0 Å². The first kappa shape index (κ1) is 28.1. The lowest BCUT2D eigenvalue weighted by Gasteiger charge is -2.26. The van der Waals surface area contributed by atoms with Crippen LogP contribution in [0.4, 0.5) is 4.39 Å². The van der Waals surface area contributed by atoms with Gasteiger partial charge in [0.1, 0.15) is 46.1 Å². The number of unbranched alkanes of at least 4 members (excludes halogenated alkanes) is 2. The van der Waals surface area contributed by atoms with E-state index >= 15 is 0 Å². The van der Waals surface area contributed by atoms with Crippen LogP contribution in [0.1, 0.15) is 49.8 Å². The molecule has 0 fully saturated rings. The second-order valence-corrected chi connectivity index (χ2v) is 10.4. The molecule has 5 aromatic rings. The maximum absolute atomic E-state index is 13.7. The molecule has 1 unspecified atom stereocenters. The summed E-state index contributed by atoms with van der Waals surface area (Å²) in [5, 5.41) is 18.5. The van der Waals surface area contributed by atoms with Gasteiger partial charge >= 0.3 is 0 Å². The SMILES string of the molecule is CC(CC(=N)c1ccc2c(=O)n(-c3ccc(F)cc3)c(CCCCCO)nc2c1)(OI)c1ncc2ccccn12. The molecule has 0 amide bonds. The van der Waals surface area contributed by atoms with Crippen LogP contribution < -0.4 is 5.56 Å². The van der Waals surface area contributed by atoms with E-state index in [0.29, 0.717) is 52.4 Å². The number of benzene rings is 2. The molecule has 0 saturated carbocycles. The molecule has 3 heterocycles. The average Bonchev–Trinajstić information content (AvgIpc) is 3.41. The van der Waals surface area contributed by atoms with Crippen molar-refractivity contribution in [1.82, 2.24) is 18.9 Å². The summed E-state index contributed by atoms with van der Waals surface area (Å²) in [4.78, 5) is 23.1. The minimum absolute atomic E-state index is 0.107. The monoisotopic (exact) mass is 653 g/mol. The van der Waals surface area contributed by atoms with Gasteiger partial charge in [0.05, 0.1) is 28.3 Å². The largest absolute Gasteiger partial charge is 0.396 e. The number of aliphatic hydroxyl groups excluding tert-OH is 1. The van der Waals surface area contributed by atoms with Gasteiger partial charge in [-0.25, -0.2) is 14.4 Å². The fourth-order valence-corrected chi connectivity index (χ4v) is 5.28. The lowest BCUT2D eigenvalue weighted by molar-refractivity contribution is 0.147. The van der Waals surface area contributed by atoms with Crippen LogP contribution in [-0.2, 0) is 15.1 Å². The van der Waals surface area contributed by atoms with E-state index in [0.717, 1.165) is 18.4 Å². The second-order valence-electron chi connectivity index (χ2n) is 9.95. The highest BCUT2D eigenvalue weighted by molar-refractivity contribution is 14.1. The number of halogens is 2. The molecule has 1 atom stereocenters. The third kappa shape index (κ3) is 5.56. The maximum atomic E-state index is 13.7. The Morgan fingerprint density at radius 1 is 1.12 bits per heavy atom. The molecule has 5 rings (SSSR count). The Balaban J connectivity index is 1.52. The number of rotatable bonds is 11. The van der Waals surface area contributed by atoms with E-state index in [1.807, 2.05) is 58.7 Å². The molecule has 206 valence electrons. The summed E-state index contributed by atoms with van der Waals surface area (Å²) < 4.78 is 23.0. The van der Waals surface area contributed by atoms with E-state index in [4.69, 9.17) is 18.6 Å². The van der Waals surface area contributed by atoms with Gasteiger partial charge in [-0.1, -0.05) is 18.6 Å². The molecule has 0 radical (unpaired) electrons. The number of hydrogen-bond donors (Lipinski definition) is 2. The highest BCUT2D eigenvalue weighted by Gasteiger charge is 2.34. The number of nitrogens with one attached hydrogen (secondary N) is 1. The molecule has 3 aromatic heterocycles. The minimum atomic E-state index is -0.877. The number of imidazole rings is 1. The summed E-state index contributed by atoms with van der Waals surface area (Å²) in [7, 11) is 0. The first-order valence-corrected chi connectivity index (χ1v) is 14.0. The Morgan fingerprint density at radius 2 is 1.93 bits per heavy atom. The van der Waals surface area contributed by atoms with Crippen LogP contribution in [0, 0.1) is 11.2 Å². The topological polar surface area (TPSA) is 106 Å². The Bertz CT molecular complexity index is 1730. The zero-order chi connectivity index (χ0) is 28.3. The van der Waals surface area contributed by atoms with Crippen molar-refractivity contribution in [2.75, 3.05) is 6.61 Å². The smallest absolute Gasteiger partial charge is 0.265 e. The van der Waals surface area contributed by atoms with Crippen LogP contribution >= 0.6 is 23.0 Å². The first-order chi connectivity index (χ1) is 19.3. The Kier molecular flexibility index (Phi) is 8.38. The van der Waals surface area contributed by atoms with Crippen molar-refractivity contribution in [2.24, 2.45) is 0 Å². The van der Waals surface area contributed by atoms with E-state index in [9.17, 15) is 9.18 Å². The summed E-state index contributed by atoms with van der Waals surface area (Å²) in [5.41, 5.74) is 1.78. The fraction of sp³-hybridized carbons (Fsp3) is 0.267. The molecule has 0 aliphatic carbocycles. The van der Waals surface area contributed by atoms with Crippen LogP contribution in [0.2, 0.25) is 0 Å². The molecular formula is C30H29FIN5O3. The Labute approximate surface area is 244 Å². The van der Waals surface area contributed by atoms with Crippen LogP contribution in [0.25, 0.3) is 22.1 Å². The summed E-state index contributed by atoms with van der Waals surface area (Å²) >= 11 is 1.86. The van der Waals surface area contributed by atoms with Gasteiger partial charge in [0, 0.05) is 31.4 Å². The van der Waals surface area contributed by atoms with Crippen LogP contribution in [-0.4, -0.2) is 36.4 Å². The Morgan fingerprint density at radius 3 is 2.67 bits per heavy atom. The molecule has 10 heteroatoms. The van der Waals surface area contributed by atoms with Crippen molar-refractivity contribution in [3.8, 4) is 5.69 Å². The standard InChI is InChI=1S/C30H29FIN5O3/c1-30(40-32,29-34-19-23-7-4-5-15-36(23)29)18-25(33)20-9-14-24-26(17-20)35-27(8-3-2-6-16-38)37(28(24)39)22-12-10-21(31)11-13-22/h4-5,7,9-15,17,19,33,38H,2-3,6,8,16,18H2,1H3. The fourth-order valence-electron chi connectivity index (χ4n) is 4.93. The predicted molar refractivity (Wildman–Crippen MR) is 161 cm³/mol. The molecule has 2 aromatic carbocycles. The van der Waals surface area contributed by atoms with Gasteiger partial charge < -0.3 is 18.0 Å². The van der Waals surface area contributed by atoms with Crippen molar-refractivity contribution < 1.29 is 12.6 Å². The molecule has 8 nitrogen and oxygen atoms in total. The Hall–Kier alpha value is -3.48. The molecule has 0 aliphatic heterocycles. The van der Waals surface area contributed by atoms with Crippen molar-refractivity contribution in [2.45, 2.75) is 44.6 Å². The van der Waals surface area contributed by atoms with Crippen molar-refractivity contribution in [1.29, 1.82) is 5.41 Å². The van der Waals surface area contributed by atoms with Gasteiger partial charge in [-0.05, 0) is 73.9 Å². The third-order valence-electron chi connectivity index (χ3n) is 7.03. The summed E-state index contributed by atoms with van der Waals surface area (Å²) in [6, 6.07) is 16.8. The minimum Gasteiger partial charge on any atom is -0.396 e. The highest BCUT2D eigenvalue weighted by atomic mass is 127. The van der Waals surface area contributed by atoms with Gasteiger partial charge in [0.15, 0.2) is 0 Å². The first-order valence-electron chi connectivity index (χ1n) is 13.1. The van der Waals surface area contributed by atoms with Crippen LogP contribution in [0.5, 0.6) is 0 Å². The number of nitrogens with zero attached hydrogens (tertiary/aromatic N) is 4. The number of aliphatic hydroxyl groups is 1. The molecule has 0 saturated heterocycles. The lowest BCUT2D eigenvalue weighted by atomic mass is 9.93. The van der Waals surface area contributed by atoms with Gasteiger partial charge in [-0.3, -0.25) is 9.36 Å². The van der Waals surface area contributed by atoms with E-state index in [1.54, 1.807) is 36.5 Å². The summed E-state index contributed by atoms with van der Waals surface area (Å²) in [6.45, 7) is 2.01. The normalized spacial score (nSPS) is 13.1. The zero-order valence-electron chi connectivity index (χ0n) is 22.0. The predicted octanol–water partition coefficient (Wildman–Crippen LogP) is 5.92. The molecule has 0 bridgehead atoms. The second kappa shape index (κ2) is 11.9. The number of aromatic nitrogens is 4. The molecular weight excluding hydrogens is 624 g/mol. The number of fused-ring (bicyclic) bond motifs is 2. The van der Waals surface area contributed by atoms with Gasteiger partial charge in [0.25, 0.3) is 5.56 Å². The highest BCUT2D eigenvalue weighted by Crippen LogP contribution is 2.33. The van der Waals surface area contributed by atoms with E-state index in [1.165, 1.54) is 16.7 Å². The summed E-state index contributed by atoms with van der Waals surface area (Å²) in [5.74, 6) is 0.854. The molecule has 2 N–H and O–H groups in total. The van der Waals surface area contributed by atoms with E-state index in [2.05, 4.69) is 4.98 Å². The van der Waals surface area contributed by atoms with E-state index in [-0.39, 0.29) is 24.4 Å². The number of hydrogen-bond acceptors (Lipinski definition) is 6. The van der Waals surface area contributed by atoms with Crippen LogP contribution in [0.3, 0.4) is 0 Å². The van der Waals surface area contributed by atoms with Crippen molar-refractivity contribution >= 4 is 45.1 Å². The van der Waals surface area contributed by atoms with Crippen molar-refractivity contribution in [3.63, 3.8) is 0 Å². The van der Waals surface area contributed by atoms with Crippen molar-refractivity contribution in [3.05, 3.63) is 106 Å². The van der Waals surface area contributed by atoms with Gasteiger partial charge in [-0.15, -0.1) is 0 Å². The van der Waals surface area contributed by atoms with Gasteiger partial charge in [-0.2, -0.15) is 0 Å².